The van der Waals surface area contributed by atoms with Crippen molar-refractivity contribution in [3.8, 4) is 0 Å². The molecule has 1 heterocycles. The number of benzene rings is 1. The number of nitrogens with one attached hydrogen (secondary N) is 1. The quantitative estimate of drug-likeness (QED) is 0.811. The summed E-state index contributed by atoms with van der Waals surface area (Å²) in [4.78, 5) is 14.9. The van der Waals surface area contributed by atoms with Crippen LogP contribution in [0.5, 0.6) is 0 Å². The van der Waals surface area contributed by atoms with Crippen molar-refractivity contribution in [2.45, 2.75) is 31.1 Å². The number of rotatable bonds is 7. The van der Waals surface area contributed by atoms with Gasteiger partial charge in [0.1, 0.15) is 0 Å². The molecule has 7 heteroatoms. The summed E-state index contributed by atoms with van der Waals surface area (Å²) in [6.07, 6.45) is 2.58. The first-order chi connectivity index (χ1) is 10.9. The standard InChI is InChI=1S/C16H18N2O4S/c1-12-10-13(11-17-15(12)8-5-9-16(19)20)18-23(21,22)14-6-3-2-4-7-14/h2-4,6-7,10-11,18H,5,8-9H2,1H3,(H,19,20). The molecule has 0 aliphatic carbocycles. The number of aromatic nitrogens is 1. The van der Waals surface area contributed by atoms with Crippen LogP contribution < -0.4 is 4.72 Å². The van der Waals surface area contributed by atoms with Gasteiger partial charge in [-0.05, 0) is 43.5 Å². The lowest BCUT2D eigenvalue weighted by molar-refractivity contribution is -0.137. The molecule has 0 spiro atoms. The van der Waals surface area contributed by atoms with E-state index in [-0.39, 0.29) is 11.3 Å². The zero-order valence-corrected chi connectivity index (χ0v) is 13.5. The average molecular weight is 334 g/mol. The highest BCUT2D eigenvalue weighted by molar-refractivity contribution is 7.92. The Morgan fingerprint density at radius 3 is 2.57 bits per heavy atom. The van der Waals surface area contributed by atoms with E-state index in [1.807, 2.05) is 6.92 Å². The van der Waals surface area contributed by atoms with Gasteiger partial charge in [0.15, 0.2) is 0 Å². The Labute approximate surface area is 135 Å². The fraction of sp³-hybridized carbons (Fsp3) is 0.250. The van der Waals surface area contributed by atoms with Gasteiger partial charge in [0.25, 0.3) is 10.0 Å². The molecule has 1 aromatic carbocycles. The Bertz CT molecular complexity index is 789. The number of pyridine rings is 1. The summed E-state index contributed by atoms with van der Waals surface area (Å²) >= 11 is 0. The van der Waals surface area contributed by atoms with Crippen molar-refractivity contribution in [3.05, 3.63) is 53.9 Å². The van der Waals surface area contributed by atoms with Gasteiger partial charge >= 0.3 is 5.97 Å². The number of aliphatic carboxylic acids is 1. The van der Waals surface area contributed by atoms with Crippen LogP contribution in [0.1, 0.15) is 24.1 Å². The highest BCUT2D eigenvalue weighted by atomic mass is 32.2. The van der Waals surface area contributed by atoms with Gasteiger partial charge in [0.2, 0.25) is 0 Å². The second-order valence-electron chi connectivity index (χ2n) is 5.15. The Morgan fingerprint density at radius 1 is 1.26 bits per heavy atom. The summed E-state index contributed by atoms with van der Waals surface area (Å²) in [5.41, 5.74) is 1.98. The number of hydrogen-bond acceptors (Lipinski definition) is 4. The van der Waals surface area contributed by atoms with Crippen LogP contribution in [0.2, 0.25) is 0 Å². The predicted molar refractivity (Wildman–Crippen MR) is 86.8 cm³/mol. The van der Waals surface area contributed by atoms with E-state index in [2.05, 4.69) is 9.71 Å². The van der Waals surface area contributed by atoms with Crippen molar-refractivity contribution >= 4 is 21.7 Å². The molecule has 23 heavy (non-hydrogen) atoms. The topological polar surface area (TPSA) is 96.4 Å². The zero-order chi connectivity index (χ0) is 16.9. The normalized spacial score (nSPS) is 11.2. The third kappa shape index (κ3) is 4.79. The van der Waals surface area contributed by atoms with Gasteiger partial charge in [-0.25, -0.2) is 8.42 Å². The predicted octanol–water partition coefficient (Wildman–Crippen LogP) is 2.60. The number of anilines is 1. The number of aryl methyl sites for hydroxylation is 2. The molecule has 0 bridgehead atoms. The largest absolute Gasteiger partial charge is 0.481 e. The van der Waals surface area contributed by atoms with Gasteiger partial charge in [-0.15, -0.1) is 0 Å². The maximum atomic E-state index is 12.2. The van der Waals surface area contributed by atoms with Gasteiger partial charge in [-0.2, -0.15) is 0 Å². The van der Waals surface area contributed by atoms with E-state index < -0.39 is 16.0 Å². The Hall–Kier alpha value is -2.41. The van der Waals surface area contributed by atoms with Crippen molar-refractivity contribution in [1.82, 2.24) is 4.98 Å². The molecule has 0 unspecified atom stereocenters. The van der Waals surface area contributed by atoms with Crippen LogP contribution in [0.25, 0.3) is 0 Å². The molecule has 2 N–H and O–H groups in total. The molecule has 0 amide bonds. The molecule has 122 valence electrons. The van der Waals surface area contributed by atoms with E-state index in [1.165, 1.54) is 18.3 Å². The monoisotopic (exact) mass is 334 g/mol. The van der Waals surface area contributed by atoms with E-state index in [0.29, 0.717) is 18.5 Å². The molecule has 0 aliphatic rings. The molecule has 2 rings (SSSR count). The minimum atomic E-state index is -3.64. The lowest BCUT2D eigenvalue weighted by Crippen LogP contribution is -2.13. The van der Waals surface area contributed by atoms with E-state index in [0.717, 1.165) is 11.3 Å². The lowest BCUT2D eigenvalue weighted by Gasteiger charge is -2.10. The first-order valence-corrected chi connectivity index (χ1v) is 8.62. The smallest absolute Gasteiger partial charge is 0.303 e. The van der Waals surface area contributed by atoms with E-state index >= 15 is 0 Å². The van der Waals surface area contributed by atoms with Gasteiger partial charge in [-0.3, -0.25) is 14.5 Å². The molecule has 0 radical (unpaired) electrons. The van der Waals surface area contributed by atoms with Crippen molar-refractivity contribution in [2.75, 3.05) is 4.72 Å². The lowest BCUT2D eigenvalue weighted by atomic mass is 10.1. The van der Waals surface area contributed by atoms with Crippen LogP contribution in [-0.2, 0) is 21.2 Å². The molecule has 0 saturated heterocycles. The van der Waals surface area contributed by atoms with Gasteiger partial charge < -0.3 is 5.11 Å². The summed E-state index contributed by atoms with van der Waals surface area (Å²) in [6.45, 7) is 1.82. The van der Waals surface area contributed by atoms with Crippen LogP contribution in [0.15, 0.2) is 47.5 Å². The Kier molecular flexibility index (Phi) is 5.33. The minimum Gasteiger partial charge on any atom is -0.481 e. The number of sulfonamides is 1. The Balaban J connectivity index is 2.10. The van der Waals surface area contributed by atoms with Crippen molar-refractivity contribution < 1.29 is 18.3 Å². The molecule has 0 fully saturated rings. The van der Waals surface area contributed by atoms with Gasteiger partial charge in [-0.1, -0.05) is 18.2 Å². The second-order valence-corrected chi connectivity index (χ2v) is 6.84. The highest BCUT2D eigenvalue weighted by Crippen LogP contribution is 2.18. The van der Waals surface area contributed by atoms with E-state index in [4.69, 9.17) is 5.11 Å². The van der Waals surface area contributed by atoms with E-state index in [1.54, 1.807) is 24.3 Å². The third-order valence-corrected chi connectivity index (χ3v) is 4.69. The first kappa shape index (κ1) is 17.0. The molecule has 0 aliphatic heterocycles. The van der Waals surface area contributed by atoms with Crippen LogP contribution in [-0.4, -0.2) is 24.5 Å². The summed E-state index contributed by atoms with van der Waals surface area (Å²) in [7, 11) is -3.64. The SMILES string of the molecule is Cc1cc(NS(=O)(=O)c2ccccc2)cnc1CCCC(=O)O. The summed E-state index contributed by atoms with van der Waals surface area (Å²) in [5.74, 6) is -0.838. The fourth-order valence-corrected chi connectivity index (χ4v) is 3.20. The van der Waals surface area contributed by atoms with Crippen molar-refractivity contribution in [2.24, 2.45) is 0 Å². The third-order valence-electron chi connectivity index (χ3n) is 3.30. The maximum Gasteiger partial charge on any atom is 0.303 e. The summed E-state index contributed by atoms with van der Waals surface area (Å²) in [5, 5.41) is 8.64. The molecule has 2 aromatic rings. The average Bonchev–Trinajstić information content (AvgIpc) is 2.50. The van der Waals surface area contributed by atoms with Gasteiger partial charge in [0, 0.05) is 12.1 Å². The molecule has 0 saturated carbocycles. The molecule has 0 atom stereocenters. The van der Waals surface area contributed by atoms with Gasteiger partial charge in [0.05, 0.1) is 16.8 Å². The highest BCUT2D eigenvalue weighted by Gasteiger charge is 2.14. The van der Waals surface area contributed by atoms with Crippen LogP contribution in [0.3, 0.4) is 0 Å². The first-order valence-electron chi connectivity index (χ1n) is 7.13. The number of nitrogens with zero attached hydrogens (tertiary/aromatic N) is 1. The number of carboxylic acid groups (broad SMARTS) is 1. The van der Waals surface area contributed by atoms with Crippen LogP contribution in [0, 0.1) is 6.92 Å². The maximum absolute atomic E-state index is 12.2. The fourth-order valence-electron chi connectivity index (χ4n) is 2.14. The van der Waals surface area contributed by atoms with Crippen molar-refractivity contribution in [3.63, 3.8) is 0 Å². The second kappa shape index (κ2) is 7.23. The summed E-state index contributed by atoms with van der Waals surface area (Å²) < 4.78 is 27.0. The van der Waals surface area contributed by atoms with Crippen LogP contribution >= 0.6 is 0 Å². The Morgan fingerprint density at radius 2 is 1.96 bits per heavy atom. The van der Waals surface area contributed by atoms with Crippen molar-refractivity contribution in [1.29, 1.82) is 0 Å². The number of carbonyl (C=O) groups is 1. The van der Waals surface area contributed by atoms with E-state index in [9.17, 15) is 13.2 Å². The summed E-state index contributed by atoms with van der Waals surface area (Å²) in [6, 6.07) is 9.79. The number of hydrogen-bond donors (Lipinski definition) is 2. The van der Waals surface area contributed by atoms with Crippen LogP contribution in [0.4, 0.5) is 5.69 Å². The molecule has 1 aromatic heterocycles. The minimum absolute atomic E-state index is 0.0868. The molecular formula is C16H18N2O4S. The zero-order valence-electron chi connectivity index (χ0n) is 12.7. The molecular weight excluding hydrogens is 316 g/mol. The molecule has 6 nitrogen and oxygen atoms in total. The number of carboxylic acids is 1.